The van der Waals surface area contributed by atoms with Crippen molar-refractivity contribution in [3.8, 4) is 0 Å². The molecule has 8 heteroatoms. The monoisotopic (exact) mass is 423 g/mol. The lowest BCUT2D eigenvalue weighted by molar-refractivity contribution is 0.0690. The number of halogens is 1. The summed E-state index contributed by atoms with van der Waals surface area (Å²) in [5.41, 5.74) is 1.18. The van der Waals surface area contributed by atoms with Gasteiger partial charge in [0.2, 0.25) is 10.0 Å². The molecule has 152 valence electrons. The number of aromatic nitrogens is 1. The van der Waals surface area contributed by atoms with E-state index in [0.29, 0.717) is 19.6 Å². The van der Waals surface area contributed by atoms with Crippen molar-refractivity contribution in [3.05, 3.63) is 58.9 Å². The fourth-order valence-electron chi connectivity index (χ4n) is 2.88. The van der Waals surface area contributed by atoms with Crippen LogP contribution in [0.25, 0.3) is 0 Å². The number of sulfonamides is 1. The normalized spacial score (nSPS) is 11.8. The lowest BCUT2D eigenvalue weighted by Gasteiger charge is -2.27. The minimum Gasteiger partial charge on any atom is -0.332 e. The molecule has 0 aliphatic heterocycles. The molecule has 0 spiro atoms. The number of amides is 1. The van der Waals surface area contributed by atoms with Crippen LogP contribution < -0.4 is 0 Å². The highest BCUT2D eigenvalue weighted by Crippen LogP contribution is 2.27. The Balaban J connectivity index is 2.42. The van der Waals surface area contributed by atoms with Gasteiger partial charge in [-0.2, -0.15) is 4.31 Å². The molecule has 6 nitrogen and oxygen atoms in total. The minimum atomic E-state index is -3.77. The third-order valence-corrected chi connectivity index (χ3v) is 6.99. The standard InChI is InChI=1S/C20H26ClN3O3S/c1-5-23(6-2)28(26,27)19-12-17(9-10-18(19)21)20(25)24(15(3)4)14-16-8-7-11-22-13-16/h7-13,15H,5-6,14H2,1-4H3. The molecule has 1 aromatic carbocycles. The molecule has 0 bridgehead atoms. The van der Waals surface area contributed by atoms with Crippen LogP contribution in [0.15, 0.2) is 47.6 Å². The van der Waals surface area contributed by atoms with E-state index in [1.807, 2.05) is 26.0 Å². The zero-order chi connectivity index (χ0) is 20.9. The zero-order valence-electron chi connectivity index (χ0n) is 16.6. The highest BCUT2D eigenvalue weighted by atomic mass is 35.5. The number of pyridine rings is 1. The SMILES string of the molecule is CCN(CC)S(=O)(=O)c1cc(C(=O)N(Cc2cccnc2)C(C)C)ccc1Cl. The summed E-state index contributed by atoms with van der Waals surface area (Å²) in [4.78, 5) is 18.9. The minimum absolute atomic E-state index is 0.0474. The molecule has 0 fully saturated rings. The largest absolute Gasteiger partial charge is 0.332 e. The molecule has 0 aliphatic carbocycles. The van der Waals surface area contributed by atoms with Crippen LogP contribution in [-0.4, -0.2) is 47.6 Å². The number of carbonyl (C=O) groups is 1. The summed E-state index contributed by atoms with van der Waals surface area (Å²) in [7, 11) is -3.77. The lowest BCUT2D eigenvalue weighted by atomic mass is 10.1. The fraction of sp³-hybridized carbons (Fsp3) is 0.400. The van der Waals surface area contributed by atoms with E-state index < -0.39 is 10.0 Å². The quantitative estimate of drug-likeness (QED) is 0.647. The second-order valence-corrected chi connectivity index (χ2v) is 8.94. The van der Waals surface area contributed by atoms with Gasteiger partial charge in [-0.25, -0.2) is 8.42 Å². The van der Waals surface area contributed by atoms with Gasteiger partial charge < -0.3 is 4.90 Å². The Bertz CT molecular complexity index is 914. The van der Waals surface area contributed by atoms with Gasteiger partial charge in [-0.3, -0.25) is 9.78 Å². The van der Waals surface area contributed by atoms with E-state index in [0.717, 1.165) is 5.56 Å². The third kappa shape index (κ3) is 4.90. The third-order valence-electron chi connectivity index (χ3n) is 4.46. The molecule has 0 aliphatic rings. The lowest BCUT2D eigenvalue weighted by Crippen LogP contribution is -2.36. The predicted molar refractivity (Wildman–Crippen MR) is 111 cm³/mol. The number of hydrogen-bond acceptors (Lipinski definition) is 4. The summed E-state index contributed by atoms with van der Waals surface area (Å²) in [5.74, 6) is -0.258. The molecular formula is C20H26ClN3O3S. The van der Waals surface area contributed by atoms with Gasteiger partial charge in [-0.1, -0.05) is 31.5 Å². The molecule has 2 rings (SSSR count). The molecule has 0 saturated carbocycles. The van der Waals surface area contributed by atoms with Crippen molar-refractivity contribution in [2.45, 2.75) is 45.2 Å². The highest BCUT2D eigenvalue weighted by molar-refractivity contribution is 7.89. The molecule has 0 saturated heterocycles. The van der Waals surface area contributed by atoms with Crippen LogP contribution >= 0.6 is 11.6 Å². The number of carbonyl (C=O) groups excluding carboxylic acids is 1. The van der Waals surface area contributed by atoms with Crippen LogP contribution in [0.2, 0.25) is 5.02 Å². The molecule has 1 heterocycles. The zero-order valence-corrected chi connectivity index (χ0v) is 18.2. The number of hydrogen-bond donors (Lipinski definition) is 0. The predicted octanol–water partition coefficient (Wildman–Crippen LogP) is 3.82. The summed E-state index contributed by atoms with van der Waals surface area (Å²) in [6.07, 6.45) is 3.38. The maximum atomic E-state index is 13.1. The van der Waals surface area contributed by atoms with Gasteiger partial charge in [0.25, 0.3) is 5.91 Å². The van der Waals surface area contributed by atoms with E-state index in [1.165, 1.54) is 16.4 Å². The van der Waals surface area contributed by atoms with Crippen LogP contribution in [0, 0.1) is 0 Å². The molecule has 0 radical (unpaired) electrons. The number of benzene rings is 1. The summed E-state index contributed by atoms with van der Waals surface area (Å²) < 4.78 is 27.1. The Morgan fingerprint density at radius 2 is 1.86 bits per heavy atom. The summed E-state index contributed by atoms with van der Waals surface area (Å²) in [5, 5.41) is 0.104. The molecule has 0 atom stereocenters. The van der Waals surface area contributed by atoms with Crippen molar-refractivity contribution >= 4 is 27.5 Å². The average Bonchev–Trinajstić information content (AvgIpc) is 2.67. The molecule has 2 aromatic rings. The van der Waals surface area contributed by atoms with Crippen LogP contribution in [0.3, 0.4) is 0 Å². The first-order chi connectivity index (χ1) is 13.2. The first kappa shape index (κ1) is 22.3. The van der Waals surface area contributed by atoms with Gasteiger partial charge in [0.05, 0.1) is 5.02 Å². The van der Waals surface area contributed by atoms with Crippen molar-refractivity contribution in [2.75, 3.05) is 13.1 Å². The van der Waals surface area contributed by atoms with E-state index >= 15 is 0 Å². The van der Waals surface area contributed by atoms with Crippen LogP contribution in [-0.2, 0) is 16.6 Å². The molecule has 28 heavy (non-hydrogen) atoms. The number of rotatable bonds is 8. The fourth-order valence-corrected chi connectivity index (χ4v) is 4.84. The van der Waals surface area contributed by atoms with Gasteiger partial charge >= 0.3 is 0 Å². The Morgan fingerprint density at radius 1 is 1.18 bits per heavy atom. The van der Waals surface area contributed by atoms with Crippen LogP contribution in [0.4, 0.5) is 0 Å². The maximum Gasteiger partial charge on any atom is 0.254 e. The first-order valence-electron chi connectivity index (χ1n) is 9.21. The Hall–Kier alpha value is -1.96. The van der Waals surface area contributed by atoms with Gasteiger partial charge in [0.1, 0.15) is 4.90 Å². The molecule has 0 unspecified atom stereocenters. The number of nitrogens with zero attached hydrogens (tertiary/aromatic N) is 3. The van der Waals surface area contributed by atoms with Crippen molar-refractivity contribution in [1.82, 2.24) is 14.2 Å². The van der Waals surface area contributed by atoms with Gasteiger partial charge in [0, 0.05) is 43.6 Å². The average molecular weight is 424 g/mol. The van der Waals surface area contributed by atoms with E-state index in [9.17, 15) is 13.2 Å². The van der Waals surface area contributed by atoms with Crippen LogP contribution in [0.5, 0.6) is 0 Å². The van der Waals surface area contributed by atoms with E-state index in [4.69, 9.17) is 11.6 Å². The van der Waals surface area contributed by atoms with Crippen molar-refractivity contribution in [1.29, 1.82) is 0 Å². The van der Waals surface area contributed by atoms with Crippen molar-refractivity contribution < 1.29 is 13.2 Å². The van der Waals surface area contributed by atoms with Crippen LogP contribution in [0.1, 0.15) is 43.6 Å². The van der Waals surface area contributed by atoms with E-state index in [1.54, 1.807) is 37.2 Å². The molecule has 1 amide bonds. The van der Waals surface area contributed by atoms with Gasteiger partial charge in [-0.15, -0.1) is 0 Å². The van der Waals surface area contributed by atoms with Crippen molar-refractivity contribution in [2.24, 2.45) is 0 Å². The van der Waals surface area contributed by atoms with E-state index in [2.05, 4.69) is 4.98 Å². The Morgan fingerprint density at radius 3 is 2.39 bits per heavy atom. The Labute approximate surface area is 172 Å². The summed E-state index contributed by atoms with van der Waals surface area (Å²) >= 11 is 6.18. The van der Waals surface area contributed by atoms with Crippen molar-refractivity contribution in [3.63, 3.8) is 0 Å². The Kier molecular flexibility index (Phi) is 7.57. The highest BCUT2D eigenvalue weighted by Gasteiger charge is 2.27. The summed E-state index contributed by atoms with van der Waals surface area (Å²) in [6.45, 7) is 8.39. The van der Waals surface area contributed by atoms with E-state index in [-0.39, 0.29) is 27.4 Å². The molecular weight excluding hydrogens is 398 g/mol. The van der Waals surface area contributed by atoms with Gasteiger partial charge in [0.15, 0.2) is 0 Å². The second-order valence-electron chi connectivity index (χ2n) is 6.62. The smallest absolute Gasteiger partial charge is 0.254 e. The summed E-state index contributed by atoms with van der Waals surface area (Å²) in [6, 6.07) is 8.03. The maximum absolute atomic E-state index is 13.1. The van der Waals surface area contributed by atoms with Gasteiger partial charge in [-0.05, 0) is 43.7 Å². The topological polar surface area (TPSA) is 70.6 Å². The first-order valence-corrected chi connectivity index (χ1v) is 11.0. The molecule has 0 N–H and O–H groups in total. The molecule has 1 aromatic heterocycles. The second kappa shape index (κ2) is 9.49.